The first kappa shape index (κ1) is 22.1. The van der Waals surface area contributed by atoms with Gasteiger partial charge in [-0.3, -0.25) is 4.68 Å². The molecule has 0 aliphatic carbocycles. The van der Waals surface area contributed by atoms with E-state index in [4.69, 9.17) is 0 Å². The fraction of sp³-hybridized carbons (Fsp3) is 0.500. The Labute approximate surface area is 165 Å². The maximum absolute atomic E-state index is 13.3. The molecule has 0 bridgehead atoms. The number of fused-ring (bicyclic) bond motifs is 1. The molecule has 2 rings (SSSR count). The number of hydrogen-bond acceptors (Lipinski definition) is 2. The monoisotopic (exact) mass is 393 g/mol. The Morgan fingerprint density at radius 3 is 2.75 bits per heavy atom. The molecule has 0 saturated heterocycles. The van der Waals surface area contributed by atoms with E-state index in [-0.39, 0.29) is 6.04 Å². The normalized spacial score (nSPS) is 18.4. The number of allylic oxidation sites excluding steroid dienone is 7. The van der Waals surface area contributed by atoms with Gasteiger partial charge in [-0.05, 0) is 44.7 Å². The van der Waals surface area contributed by atoms with Gasteiger partial charge in [0, 0.05) is 17.8 Å². The lowest BCUT2D eigenvalue weighted by molar-refractivity contribution is -0.0883. The summed E-state index contributed by atoms with van der Waals surface area (Å²) in [4.78, 5) is 0. The highest BCUT2D eigenvalue weighted by atomic mass is 19.4. The van der Waals surface area contributed by atoms with Gasteiger partial charge in [0.05, 0.1) is 23.0 Å². The van der Waals surface area contributed by atoms with Crippen LogP contribution in [0.15, 0.2) is 48.2 Å². The van der Waals surface area contributed by atoms with Crippen LogP contribution in [0.3, 0.4) is 0 Å². The molecule has 3 nitrogen and oxygen atoms in total. The molecule has 1 aromatic heterocycles. The van der Waals surface area contributed by atoms with Crippen molar-refractivity contribution in [3.05, 3.63) is 59.6 Å². The Kier molecular flexibility index (Phi) is 7.72. The third-order valence-corrected chi connectivity index (χ3v) is 4.67. The minimum Gasteiger partial charge on any atom is -0.380 e. The number of halogens is 3. The first-order valence-electron chi connectivity index (χ1n) is 9.94. The van der Waals surface area contributed by atoms with Crippen LogP contribution in [0.5, 0.6) is 0 Å². The fourth-order valence-electron chi connectivity index (χ4n) is 3.42. The van der Waals surface area contributed by atoms with Crippen molar-refractivity contribution in [1.29, 1.82) is 0 Å². The van der Waals surface area contributed by atoms with E-state index >= 15 is 0 Å². The highest BCUT2D eigenvalue weighted by Gasteiger charge is 2.32. The zero-order chi connectivity index (χ0) is 20.7. The predicted molar refractivity (Wildman–Crippen MR) is 109 cm³/mol. The summed E-state index contributed by atoms with van der Waals surface area (Å²) in [5, 5.41) is 8.06. The van der Waals surface area contributed by atoms with E-state index < -0.39 is 11.7 Å². The van der Waals surface area contributed by atoms with Crippen LogP contribution in [0.2, 0.25) is 0 Å². The minimum atomic E-state index is -4.38. The minimum absolute atomic E-state index is 0.0918. The summed E-state index contributed by atoms with van der Waals surface area (Å²) in [5.41, 5.74) is 2.38. The first-order valence-corrected chi connectivity index (χ1v) is 9.94. The van der Waals surface area contributed by atoms with Crippen LogP contribution in [-0.4, -0.2) is 16.0 Å². The summed E-state index contributed by atoms with van der Waals surface area (Å²) < 4.78 is 41.9. The number of alkyl halides is 3. The van der Waals surface area contributed by atoms with Crippen LogP contribution in [0, 0.1) is 0 Å². The summed E-state index contributed by atoms with van der Waals surface area (Å²) in [6.45, 7) is 10.4. The molecule has 6 heteroatoms. The SMILES string of the molecule is C=C(CCC)NC1CCCn2nc(C(/C=C\C)=C/C(=C/CC)C(F)(F)F)cc21. The lowest BCUT2D eigenvalue weighted by Gasteiger charge is -2.26. The maximum Gasteiger partial charge on any atom is 0.416 e. The van der Waals surface area contributed by atoms with Gasteiger partial charge in [0.25, 0.3) is 0 Å². The summed E-state index contributed by atoms with van der Waals surface area (Å²) in [7, 11) is 0. The highest BCUT2D eigenvalue weighted by molar-refractivity contribution is 5.74. The Hall–Kier alpha value is -2.24. The average molecular weight is 393 g/mol. The molecule has 1 aromatic rings. The predicted octanol–water partition coefficient (Wildman–Crippen LogP) is 6.48. The number of nitrogens with one attached hydrogen (secondary N) is 1. The van der Waals surface area contributed by atoms with Crippen LogP contribution in [0.4, 0.5) is 13.2 Å². The molecule has 1 unspecified atom stereocenters. The van der Waals surface area contributed by atoms with E-state index in [9.17, 15) is 13.2 Å². The molecule has 0 saturated carbocycles. The Bertz CT molecular complexity index is 766. The van der Waals surface area contributed by atoms with Crippen molar-refractivity contribution in [1.82, 2.24) is 15.1 Å². The fourth-order valence-corrected chi connectivity index (χ4v) is 3.42. The molecule has 0 amide bonds. The largest absolute Gasteiger partial charge is 0.416 e. The third kappa shape index (κ3) is 5.63. The van der Waals surface area contributed by atoms with Gasteiger partial charge in [-0.25, -0.2) is 0 Å². The van der Waals surface area contributed by atoms with E-state index in [1.807, 2.05) is 10.7 Å². The Morgan fingerprint density at radius 2 is 2.14 bits per heavy atom. The number of rotatable bonds is 8. The van der Waals surface area contributed by atoms with E-state index in [1.54, 1.807) is 26.0 Å². The second-order valence-corrected chi connectivity index (χ2v) is 7.04. The smallest absolute Gasteiger partial charge is 0.380 e. The van der Waals surface area contributed by atoms with Crippen LogP contribution in [-0.2, 0) is 6.54 Å². The van der Waals surface area contributed by atoms with Crippen molar-refractivity contribution in [2.45, 2.75) is 71.6 Å². The van der Waals surface area contributed by atoms with Crippen LogP contribution in [0.1, 0.15) is 70.3 Å². The molecular formula is C22H30F3N3. The van der Waals surface area contributed by atoms with E-state index in [2.05, 4.69) is 23.9 Å². The lowest BCUT2D eigenvalue weighted by atomic mass is 10.0. The van der Waals surface area contributed by atoms with Gasteiger partial charge in [0.2, 0.25) is 0 Å². The molecule has 0 spiro atoms. The Morgan fingerprint density at radius 1 is 1.39 bits per heavy atom. The number of nitrogens with zero attached hydrogens (tertiary/aromatic N) is 2. The van der Waals surface area contributed by atoms with Gasteiger partial charge in [0.1, 0.15) is 0 Å². The van der Waals surface area contributed by atoms with Gasteiger partial charge in [-0.1, -0.05) is 45.1 Å². The van der Waals surface area contributed by atoms with Crippen LogP contribution < -0.4 is 5.32 Å². The van der Waals surface area contributed by atoms with E-state index in [0.717, 1.165) is 43.6 Å². The molecular weight excluding hydrogens is 363 g/mol. The molecule has 1 N–H and O–H groups in total. The quantitative estimate of drug-likeness (QED) is 0.512. The highest BCUT2D eigenvalue weighted by Crippen LogP contribution is 2.32. The topological polar surface area (TPSA) is 29.9 Å². The number of aryl methyl sites for hydroxylation is 1. The zero-order valence-electron chi connectivity index (χ0n) is 16.9. The van der Waals surface area contributed by atoms with Crippen molar-refractivity contribution in [2.75, 3.05) is 0 Å². The van der Waals surface area contributed by atoms with Crippen molar-refractivity contribution in [3.8, 4) is 0 Å². The maximum atomic E-state index is 13.3. The second kappa shape index (κ2) is 9.80. The van der Waals surface area contributed by atoms with Gasteiger partial charge in [-0.15, -0.1) is 0 Å². The van der Waals surface area contributed by atoms with E-state index in [0.29, 0.717) is 17.7 Å². The second-order valence-electron chi connectivity index (χ2n) is 7.04. The van der Waals surface area contributed by atoms with E-state index in [1.165, 1.54) is 12.2 Å². The third-order valence-electron chi connectivity index (χ3n) is 4.67. The molecule has 0 aromatic carbocycles. The number of hydrogen-bond donors (Lipinski definition) is 1. The molecule has 0 radical (unpaired) electrons. The van der Waals surface area contributed by atoms with Gasteiger partial charge in [-0.2, -0.15) is 18.3 Å². The standard InChI is InChI=1S/C22H30F3N3/c1-5-9-16(4)26-19-12-8-13-28-21(19)15-20(27-28)17(10-6-2)14-18(11-7-3)22(23,24)25/h6,10-11,14-15,19,26H,4-5,7-9,12-13H2,1-3H3/b10-6-,17-14+,18-11-. The Balaban J connectivity index is 2.40. The van der Waals surface area contributed by atoms with Gasteiger partial charge >= 0.3 is 6.18 Å². The molecule has 1 atom stereocenters. The van der Waals surface area contributed by atoms with Crippen molar-refractivity contribution < 1.29 is 13.2 Å². The average Bonchev–Trinajstić information content (AvgIpc) is 3.05. The molecule has 0 fully saturated rings. The zero-order valence-corrected chi connectivity index (χ0v) is 16.9. The summed E-state index contributed by atoms with van der Waals surface area (Å²) in [6, 6.07) is 2.00. The van der Waals surface area contributed by atoms with Crippen LogP contribution in [0.25, 0.3) is 5.57 Å². The molecule has 154 valence electrons. The van der Waals surface area contributed by atoms with Crippen molar-refractivity contribution in [2.24, 2.45) is 0 Å². The van der Waals surface area contributed by atoms with Crippen LogP contribution >= 0.6 is 0 Å². The molecule has 1 aliphatic heterocycles. The van der Waals surface area contributed by atoms with Crippen molar-refractivity contribution in [3.63, 3.8) is 0 Å². The summed E-state index contributed by atoms with van der Waals surface area (Å²) in [6.07, 6.45) is 5.60. The van der Waals surface area contributed by atoms with Crippen molar-refractivity contribution >= 4 is 5.57 Å². The lowest BCUT2D eigenvalue weighted by Crippen LogP contribution is -2.27. The summed E-state index contributed by atoms with van der Waals surface area (Å²) in [5.74, 6) is 0. The molecule has 2 heterocycles. The summed E-state index contributed by atoms with van der Waals surface area (Å²) >= 11 is 0. The molecule has 28 heavy (non-hydrogen) atoms. The van der Waals surface area contributed by atoms with Gasteiger partial charge < -0.3 is 5.32 Å². The molecule has 1 aliphatic rings. The first-order chi connectivity index (χ1) is 13.3. The van der Waals surface area contributed by atoms with Gasteiger partial charge in [0.15, 0.2) is 0 Å². The number of aromatic nitrogens is 2.